The molecule has 7 heteroatoms. The molecule has 2 aromatic rings. The molecular formula is C15H16N4O3. The number of fused-ring (bicyclic) bond motifs is 1. The van der Waals surface area contributed by atoms with Crippen LogP contribution in [0.5, 0.6) is 0 Å². The van der Waals surface area contributed by atoms with Gasteiger partial charge >= 0.3 is 0 Å². The van der Waals surface area contributed by atoms with Crippen molar-refractivity contribution in [3.05, 3.63) is 53.9 Å². The maximum absolute atomic E-state index is 12.2. The van der Waals surface area contributed by atoms with Crippen LogP contribution in [0.3, 0.4) is 0 Å². The van der Waals surface area contributed by atoms with Crippen molar-refractivity contribution in [2.75, 3.05) is 6.54 Å². The van der Waals surface area contributed by atoms with Crippen LogP contribution in [0.25, 0.3) is 0 Å². The Kier molecular flexibility index (Phi) is 3.74. The largest absolute Gasteiger partial charge is 0.390 e. The maximum Gasteiger partial charge on any atom is 0.261 e. The van der Waals surface area contributed by atoms with Gasteiger partial charge in [0.1, 0.15) is 0 Å². The molecule has 0 fully saturated rings. The van der Waals surface area contributed by atoms with Gasteiger partial charge < -0.3 is 10.8 Å². The van der Waals surface area contributed by atoms with Crippen molar-refractivity contribution in [1.29, 1.82) is 0 Å². The molecule has 0 unspecified atom stereocenters. The van der Waals surface area contributed by atoms with Crippen molar-refractivity contribution in [3.8, 4) is 0 Å². The van der Waals surface area contributed by atoms with Gasteiger partial charge in [-0.15, -0.1) is 0 Å². The minimum absolute atomic E-state index is 0.130. The van der Waals surface area contributed by atoms with Crippen molar-refractivity contribution < 1.29 is 14.7 Å². The average molecular weight is 300 g/mol. The predicted molar refractivity (Wildman–Crippen MR) is 78.0 cm³/mol. The smallest absolute Gasteiger partial charge is 0.261 e. The average Bonchev–Trinajstić information content (AvgIpc) is 3.10. The molecule has 22 heavy (non-hydrogen) atoms. The molecule has 7 nitrogen and oxygen atoms in total. The number of nitrogens with zero attached hydrogens (tertiary/aromatic N) is 3. The summed E-state index contributed by atoms with van der Waals surface area (Å²) in [5.41, 5.74) is 6.65. The molecule has 1 aromatic heterocycles. The highest BCUT2D eigenvalue weighted by Crippen LogP contribution is 2.22. The van der Waals surface area contributed by atoms with Crippen LogP contribution >= 0.6 is 0 Å². The van der Waals surface area contributed by atoms with Crippen LogP contribution < -0.4 is 5.73 Å². The van der Waals surface area contributed by atoms with Crippen molar-refractivity contribution in [3.63, 3.8) is 0 Å². The number of benzene rings is 1. The van der Waals surface area contributed by atoms with E-state index in [2.05, 4.69) is 5.10 Å². The van der Waals surface area contributed by atoms with E-state index in [0.717, 1.165) is 4.90 Å². The summed E-state index contributed by atoms with van der Waals surface area (Å²) in [6, 6.07) is 7.73. The number of aromatic nitrogens is 2. The first kappa shape index (κ1) is 14.4. The molecule has 1 aliphatic heterocycles. The summed E-state index contributed by atoms with van der Waals surface area (Å²) < 4.78 is 1.59. The number of rotatable bonds is 5. The van der Waals surface area contributed by atoms with E-state index in [1.807, 2.05) is 0 Å². The molecule has 0 radical (unpaired) electrons. The molecule has 2 heterocycles. The van der Waals surface area contributed by atoms with Gasteiger partial charge in [-0.05, 0) is 18.2 Å². The lowest BCUT2D eigenvalue weighted by Crippen LogP contribution is -2.47. The van der Waals surface area contributed by atoms with Crippen molar-refractivity contribution in [1.82, 2.24) is 14.7 Å². The van der Waals surface area contributed by atoms with Crippen LogP contribution in [0.1, 0.15) is 20.7 Å². The summed E-state index contributed by atoms with van der Waals surface area (Å²) in [6.07, 6.45) is 2.32. The molecule has 114 valence electrons. The zero-order valence-electron chi connectivity index (χ0n) is 11.8. The van der Waals surface area contributed by atoms with Gasteiger partial charge in [0.25, 0.3) is 11.8 Å². The summed E-state index contributed by atoms with van der Waals surface area (Å²) >= 11 is 0. The van der Waals surface area contributed by atoms with Crippen molar-refractivity contribution >= 4 is 11.8 Å². The first-order valence-electron chi connectivity index (χ1n) is 6.94. The van der Waals surface area contributed by atoms with Gasteiger partial charge in [-0.2, -0.15) is 5.10 Å². The zero-order chi connectivity index (χ0) is 15.7. The molecule has 0 saturated carbocycles. The van der Waals surface area contributed by atoms with Crippen LogP contribution in [-0.4, -0.2) is 50.3 Å². The van der Waals surface area contributed by atoms with Crippen LogP contribution in [-0.2, 0) is 6.54 Å². The third-order valence-corrected chi connectivity index (χ3v) is 3.70. The standard InChI is InChI=1S/C15H16N4O3/c16-12(8-18-7-3-6-17-18)13(20)9-19-14(21)10-4-1-2-5-11(10)15(19)22/h1-7,12-13,20H,8-9,16H2/t12-,13-/m1/s1. The molecule has 1 aromatic carbocycles. The molecule has 0 aliphatic carbocycles. The Morgan fingerprint density at radius 3 is 2.27 bits per heavy atom. The minimum atomic E-state index is -1.02. The monoisotopic (exact) mass is 300 g/mol. The number of carbonyl (C=O) groups is 2. The number of hydrogen-bond acceptors (Lipinski definition) is 5. The van der Waals surface area contributed by atoms with Gasteiger partial charge in [0.05, 0.1) is 36.4 Å². The number of hydrogen-bond donors (Lipinski definition) is 2. The lowest BCUT2D eigenvalue weighted by atomic mass is 10.1. The van der Waals surface area contributed by atoms with Crippen molar-refractivity contribution in [2.24, 2.45) is 5.73 Å². The highest BCUT2D eigenvalue weighted by Gasteiger charge is 2.36. The number of aliphatic hydroxyl groups excluding tert-OH is 1. The molecule has 2 atom stereocenters. The molecule has 3 N–H and O–H groups in total. The third-order valence-electron chi connectivity index (χ3n) is 3.70. The lowest BCUT2D eigenvalue weighted by molar-refractivity contribution is 0.0495. The fourth-order valence-electron chi connectivity index (χ4n) is 2.47. The van der Waals surface area contributed by atoms with Gasteiger partial charge in [0, 0.05) is 12.4 Å². The number of aliphatic hydroxyl groups is 1. The van der Waals surface area contributed by atoms with Crippen LogP contribution in [0.2, 0.25) is 0 Å². The highest BCUT2D eigenvalue weighted by molar-refractivity contribution is 6.21. The topological polar surface area (TPSA) is 101 Å². The quantitative estimate of drug-likeness (QED) is 0.749. The van der Waals surface area contributed by atoms with Crippen LogP contribution in [0.4, 0.5) is 0 Å². The Morgan fingerprint density at radius 2 is 1.73 bits per heavy atom. The lowest BCUT2D eigenvalue weighted by Gasteiger charge is -2.23. The number of amides is 2. The van der Waals surface area contributed by atoms with E-state index in [-0.39, 0.29) is 6.54 Å². The Labute approximate surface area is 126 Å². The van der Waals surface area contributed by atoms with Gasteiger partial charge in [0.15, 0.2) is 0 Å². The maximum atomic E-state index is 12.2. The molecule has 1 aliphatic rings. The molecule has 3 rings (SSSR count). The van der Waals surface area contributed by atoms with E-state index in [0.29, 0.717) is 17.7 Å². The molecular weight excluding hydrogens is 284 g/mol. The van der Waals surface area contributed by atoms with E-state index in [1.165, 1.54) is 0 Å². The van der Waals surface area contributed by atoms with Gasteiger partial charge in [-0.25, -0.2) is 0 Å². The number of imide groups is 1. The fourth-order valence-corrected chi connectivity index (χ4v) is 2.47. The summed E-state index contributed by atoms with van der Waals surface area (Å²) in [4.78, 5) is 25.5. The van der Waals surface area contributed by atoms with E-state index in [9.17, 15) is 14.7 Å². The summed E-state index contributed by atoms with van der Waals surface area (Å²) in [5, 5.41) is 14.2. The number of β-amino-alcohol motifs (C(OH)–C–C–N with tert-alkyl or cyclic N) is 1. The third kappa shape index (κ3) is 2.51. The Morgan fingerprint density at radius 1 is 1.09 bits per heavy atom. The van der Waals surface area contributed by atoms with Gasteiger partial charge in [-0.1, -0.05) is 12.1 Å². The van der Waals surface area contributed by atoms with E-state index in [1.54, 1.807) is 47.4 Å². The number of carbonyl (C=O) groups excluding carboxylic acids is 2. The summed E-state index contributed by atoms with van der Waals surface area (Å²) in [6.45, 7) is 0.173. The SMILES string of the molecule is N[C@H](Cn1cccn1)[C@H](O)CN1C(=O)c2ccccc2C1=O. The Hall–Kier alpha value is -2.51. The van der Waals surface area contributed by atoms with Crippen molar-refractivity contribution in [2.45, 2.75) is 18.7 Å². The Bertz CT molecular complexity index is 664. The van der Waals surface area contributed by atoms with Gasteiger partial charge in [0.2, 0.25) is 0 Å². The number of nitrogens with two attached hydrogens (primary N) is 1. The molecule has 0 saturated heterocycles. The van der Waals surface area contributed by atoms with E-state index in [4.69, 9.17) is 5.73 Å². The first-order valence-corrected chi connectivity index (χ1v) is 6.94. The second-order valence-corrected chi connectivity index (χ2v) is 5.23. The normalized spacial score (nSPS) is 16.7. The molecule has 0 spiro atoms. The second-order valence-electron chi connectivity index (χ2n) is 5.23. The summed E-state index contributed by atoms with van der Waals surface area (Å²) in [5.74, 6) is -0.795. The fraction of sp³-hybridized carbons (Fsp3) is 0.267. The zero-order valence-corrected chi connectivity index (χ0v) is 11.8. The Balaban J connectivity index is 1.69. The minimum Gasteiger partial charge on any atom is -0.390 e. The van der Waals surface area contributed by atoms with Gasteiger partial charge in [-0.3, -0.25) is 19.2 Å². The van der Waals surface area contributed by atoms with Crippen LogP contribution in [0.15, 0.2) is 42.7 Å². The van der Waals surface area contributed by atoms with Crippen LogP contribution in [0, 0.1) is 0 Å². The summed E-state index contributed by atoms with van der Waals surface area (Å²) in [7, 11) is 0. The molecule has 0 bridgehead atoms. The van der Waals surface area contributed by atoms with E-state index < -0.39 is 24.0 Å². The highest BCUT2D eigenvalue weighted by atomic mass is 16.3. The molecule has 2 amide bonds. The predicted octanol–water partition coefficient (Wildman–Crippen LogP) is -0.133. The second kappa shape index (κ2) is 5.70. The van der Waals surface area contributed by atoms with E-state index >= 15 is 0 Å². The first-order chi connectivity index (χ1) is 10.6.